The van der Waals surface area contributed by atoms with Crippen molar-refractivity contribution in [2.24, 2.45) is 7.05 Å². The van der Waals surface area contributed by atoms with Gasteiger partial charge < -0.3 is 4.74 Å². The molecule has 20 heavy (non-hydrogen) atoms. The number of rotatable bonds is 4. The summed E-state index contributed by atoms with van der Waals surface area (Å²) >= 11 is 0. The molecule has 0 spiro atoms. The number of ether oxygens (including phenoxy) is 1. The number of benzene rings is 1. The number of nitrogens with one attached hydrogen (secondary N) is 1. The molecule has 6 nitrogen and oxygen atoms in total. The van der Waals surface area contributed by atoms with Gasteiger partial charge in [-0.05, 0) is 37.6 Å². The quantitative estimate of drug-likeness (QED) is 0.934. The first-order valence-corrected chi connectivity index (χ1v) is 7.49. The van der Waals surface area contributed by atoms with Crippen molar-refractivity contribution in [3.05, 3.63) is 35.7 Å². The molecule has 1 N–H and O–H groups in total. The number of nitrogens with zero attached hydrogens (tertiary/aromatic N) is 2. The van der Waals surface area contributed by atoms with Gasteiger partial charge in [-0.15, -0.1) is 0 Å². The predicted molar refractivity (Wildman–Crippen MR) is 76.5 cm³/mol. The van der Waals surface area contributed by atoms with Crippen molar-refractivity contribution < 1.29 is 13.2 Å². The second kappa shape index (κ2) is 5.16. The summed E-state index contributed by atoms with van der Waals surface area (Å²) in [7, 11) is -0.387. The van der Waals surface area contributed by atoms with Crippen molar-refractivity contribution in [1.29, 1.82) is 0 Å². The number of aromatic nitrogens is 2. The Kier molecular flexibility index (Phi) is 3.71. The van der Waals surface area contributed by atoms with E-state index in [1.807, 2.05) is 6.92 Å². The molecular weight excluding hydrogens is 278 g/mol. The lowest BCUT2D eigenvalue weighted by atomic mass is 10.2. The van der Waals surface area contributed by atoms with Crippen molar-refractivity contribution >= 4 is 15.7 Å². The molecule has 0 saturated heterocycles. The fraction of sp³-hybridized carbons (Fsp3) is 0.308. The van der Waals surface area contributed by atoms with E-state index in [0.717, 1.165) is 5.56 Å². The topological polar surface area (TPSA) is 73.2 Å². The first kappa shape index (κ1) is 14.4. The molecule has 108 valence electrons. The summed E-state index contributed by atoms with van der Waals surface area (Å²) in [6.45, 7) is 3.48. The van der Waals surface area contributed by atoms with Crippen molar-refractivity contribution in [2.45, 2.75) is 18.7 Å². The fourth-order valence-electron chi connectivity index (χ4n) is 1.92. The molecule has 0 aliphatic heterocycles. The van der Waals surface area contributed by atoms with E-state index in [0.29, 0.717) is 17.1 Å². The molecule has 7 heteroatoms. The molecule has 1 aromatic heterocycles. The Morgan fingerprint density at radius 1 is 1.30 bits per heavy atom. The molecule has 0 aliphatic carbocycles. The molecule has 0 amide bonds. The second-order valence-electron chi connectivity index (χ2n) is 4.54. The first-order valence-electron chi connectivity index (χ1n) is 6.01. The summed E-state index contributed by atoms with van der Waals surface area (Å²) in [5.41, 5.74) is 1.77. The van der Waals surface area contributed by atoms with Crippen LogP contribution in [0.2, 0.25) is 0 Å². The molecule has 0 saturated carbocycles. The molecule has 2 aromatic rings. The van der Waals surface area contributed by atoms with Gasteiger partial charge in [0.25, 0.3) is 10.0 Å². The largest absolute Gasteiger partial charge is 0.497 e. The average Bonchev–Trinajstić information content (AvgIpc) is 2.71. The van der Waals surface area contributed by atoms with E-state index in [1.54, 1.807) is 39.3 Å². The minimum absolute atomic E-state index is 0.176. The lowest BCUT2D eigenvalue weighted by Crippen LogP contribution is -2.14. The SMILES string of the molecule is COc1ccc(NS(=O)(=O)c2cn(C)nc2C)c(C)c1. The summed E-state index contributed by atoms with van der Waals surface area (Å²) in [5, 5.41) is 4.05. The first-order chi connectivity index (χ1) is 9.33. The van der Waals surface area contributed by atoms with E-state index in [4.69, 9.17) is 4.74 Å². The maximum Gasteiger partial charge on any atom is 0.265 e. The Morgan fingerprint density at radius 3 is 2.50 bits per heavy atom. The van der Waals surface area contributed by atoms with Crippen LogP contribution in [0.3, 0.4) is 0 Å². The lowest BCUT2D eigenvalue weighted by Gasteiger charge is -2.11. The lowest BCUT2D eigenvalue weighted by molar-refractivity contribution is 0.414. The van der Waals surface area contributed by atoms with Gasteiger partial charge in [-0.1, -0.05) is 0 Å². The van der Waals surface area contributed by atoms with Crippen LogP contribution in [0.1, 0.15) is 11.3 Å². The number of aryl methyl sites for hydroxylation is 3. The highest BCUT2D eigenvalue weighted by atomic mass is 32.2. The van der Waals surface area contributed by atoms with Crippen LogP contribution >= 0.6 is 0 Å². The Bertz CT molecular complexity index is 735. The van der Waals surface area contributed by atoms with Gasteiger partial charge in [0.1, 0.15) is 10.6 Å². The van der Waals surface area contributed by atoms with Crippen LogP contribution in [0.25, 0.3) is 0 Å². The van der Waals surface area contributed by atoms with Crippen LogP contribution in [0.5, 0.6) is 5.75 Å². The molecule has 0 aliphatic rings. The third kappa shape index (κ3) is 2.77. The fourth-order valence-corrected chi connectivity index (χ4v) is 3.27. The Morgan fingerprint density at radius 2 is 2.00 bits per heavy atom. The molecule has 0 radical (unpaired) electrons. The molecular formula is C13H17N3O3S. The van der Waals surface area contributed by atoms with Crippen molar-refractivity contribution in [3.63, 3.8) is 0 Å². The predicted octanol–water partition coefficient (Wildman–Crippen LogP) is 1.85. The minimum atomic E-state index is -3.64. The third-order valence-electron chi connectivity index (χ3n) is 2.94. The Balaban J connectivity index is 2.36. The highest BCUT2D eigenvalue weighted by Crippen LogP contribution is 2.24. The highest BCUT2D eigenvalue weighted by molar-refractivity contribution is 7.92. The van der Waals surface area contributed by atoms with Gasteiger partial charge >= 0.3 is 0 Å². The zero-order valence-electron chi connectivity index (χ0n) is 11.8. The zero-order valence-corrected chi connectivity index (χ0v) is 12.7. The molecule has 0 bridgehead atoms. The van der Waals surface area contributed by atoms with Crippen LogP contribution in [-0.2, 0) is 17.1 Å². The summed E-state index contributed by atoms with van der Waals surface area (Å²) in [4.78, 5) is 0.176. The van der Waals surface area contributed by atoms with Crippen LogP contribution in [0, 0.1) is 13.8 Å². The minimum Gasteiger partial charge on any atom is -0.497 e. The van der Waals surface area contributed by atoms with Crippen LogP contribution in [0.15, 0.2) is 29.3 Å². The molecule has 2 rings (SSSR count). The zero-order chi connectivity index (χ0) is 14.9. The Hall–Kier alpha value is -2.02. The van der Waals surface area contributed by atoms with Crippen LogP contribution < -0.4 is 9.46 Å². The van der Waals surface area contributed by atoms with Gasteiger partial charge in [0.05, 0.1) is 18.5 Å². The normalized spacial score (nSPS) is 11.4. The average molecular weight is 295 g/mol. The molecule has 0 fully saturated rings. The Labute approximate surface area is 118 Å². The van der Waals surface area contributed by atoms with E-state index in [2.05, 4.69) is 9.82 Å². The maximum absolute atomic E-state index is 12.3. The van der Waals surface area contributed by atoms with E-state index in [9.17, 15) is 8.42 Å². The molecule has 1 aromatic carbocycles. The van der Waals surface area contributed by atoms with Gasteiger partial charge in [-0.2, -0.15) is 5.10 Å². The van der Waals surface area contributed by atoms with E-state index in [-0.39, 0.29) is 4.90 Å². The third-order valence-corrected chi connectivity index (χ3v) is 4.40. The van der Waals surface area contributed by atoms with Gasteiger partial charge in [0.15, 0.2) is 0 Å². The van der Waals surface area contributed by atoms with Crippen LogP contribution in [-0.4, -0.2) is 25.3 Å². The number of sulfonamides is 1. The van der Waals surface area contributed by atoms with Crippen molar-refractivity contribution in [1.82, 2.24) is 9.78 Å². The summed E-state index contributed by atoms with van der Waals surface area (Å²) in [6.07, 6.45) is 1.48. The summed E-state index contributed by atoms with van der Waals surface area (Å²) in [6, 6.07) is 5.16. The van der Waals surface area contributed by atoms with Gasteiger partial charge in [-0.25, -0.2) is 8.42 Å². The maximum atomic E-state index is 12.3. The second-order valence-corrected chi connectivity index (χ2v) is 6.19. The summed E-state index contributed by atoms with van der Waals surface area (Å²) in [5.74, 6) is 0.683. The molecule has 0 unspecified atom stereocenters. The number of methoxy groups -OCH3 is 1. The highest BCUT2D eigenvalue weighted by Gasteiger charge is 2.20. The monoisotopic (exact) mass is 295 g/mol. The number of anilines is 1. The molecule has 1 heterocycles. The van der Waals surface area contributed by atoms with Gasteiger partial charge in [-0.3, -0.25) is 9.40 Å². The van der Waals surface area contributed by atoms with Gasteiger partial charge in [0, 0.05) is 13.2 Å². The van der Waals surface area contributed by atoms with E-state index < -0.39 is 10.0 Å². The number of hydrogen-bond acceptors (Lipinski definition) is 4. The van der Waals surface area contributed by atoms with Gasteiger partial charge in [0.2, 0.25) is 0 Å². The summed E-state index contributed by atoms with van der Waals surface area (Å²) < 4.78 is 33.8. The van der Waals surface area contributed by atoms with E-state index in [1.165, 1.54) is 10.9 Å². The van der Waals surface area contributed by atoms with E-state index >= 15 is 0 Å². The van der Waals surface area contributed by atoms with Crippen molar-refractivity contribution in [2.75, 3.05) is 11.8 Å². The standard InChI is InChI=1S/C13H17N3O3S/c1-9-7-11(19-4)5-6-12(9)15-20(17,18)13-8-16(3)14-10(13)2/h5-8,15H,1-4H3. The van der Waals surface area contributed by atoms with Crippen LogP contribution in [0.4, 0.5) is 5.69 Å². The van der Waals surface area contributed by atoms with Crippen molar-refractivity contribution in [3.8, 4) is 5.75 Å². The smallest absolute Gasteiger partial charge is 0.265 e. The molecule has 0 atom stereocenters. The number of hydrogen-bond donors (Lipinski definition) is 1.